The van der Waals surface area contributed by atoms with Gasteiger partial charge in [-0.05, 0) is 38.8 Å². The second kappa shape index (κ2) is 6.45. The average Bonchev–Trinajstić information content (AvgIpc) is 3.10. The van der Waals surface area contributed by atoms with E-state index >= 15 is 0 Å². The van der Waals surface area contributed by atoms with Crippen molar-refractivity contribution >= 4 is 0 Å². The van der Waals surface area contributed by atoms with Crippen molar-refractivity contribution in [1.82, 2.24) is 15.5 Å². The lowest BCUT2D eigenvalue weighted by Crippen LogP contribution is -2.32. The number of nitrogens with one attached hydrogen (secondary N) is 1. The summed E-state index contributed by atoms with van der Waals surface area (Å²) in [4.78, 5) is 4.36. The Labute approximate surface area is 112 Å². The van der Waals surface area contributed by atoms with Gasteiger partial charge in [0.15, 0.2) is 5.82 Å². The van der Waals surface area contributed by atoms with Gasteiger partial charge in [-0.1, -0.05) is 5.16 Å². The van der Waals surface area contributed by atoms with Crippen LogP contribution in [0.5, 0.6) is 0 Å². The fourth-order valence-corrected chi connectivity index (χ4v) is 2.59. The van der Waals surface area contributed by atoms with Crippen LogP contribution in [-0.2, 0) is 22.5 Å². The molecule has 2 saturated heterocycles. The van der Waals surface area contributed by atoms with E-state index in [0.29, 0.717) is 18.6 Å². The van der Waals surface area contributed by atoms with Crippen LogP contribution in [0.2, 0.25) is 0 Å². The van der Waals surface area contributed by atoms with Crippen molar-refractivity contribution in [3.63, 3.8) is 0 Å². The van der Waals surface area contributed by atoms with Crippen LogP contribution in [0.1, 0.15) is 37.4 Å². The second-order valence-electron chi connectivity index (χ2n) is 5.20. The molecule has 2 fully saturated rings. The van der Waals surface area contributed by atoms with Crippen LogP contribution in [0.4, 0.5) is 0 Å². The molecule has 1 atom stereocenters. The van der Waals surface area contributed by atoms with E-state index in [1.807, 2.05) is 0 Å². The molecule has 1 unspecified atom stereocenters. The molecule has 0 bridgehead atoms. The van der Waals surface area contributed by atoms with E-state index in [9.17, 15) is 0 Å². The fraction of sp³-hybridized carbons (Fsp3) is 0.846. The molecular formula is C13H21N3O3. The molecule has 106 valence electrons. The minimum atomic E-state index is 0.260. The van der Waals surface area contributed by atoms with Crippen LogP contribution in [0.25, 0.3) is 0 Å². The highest BCUT2D eigenvalue weighted by Crippen LogP contribution is 2.16. The maximum atomic E-state index is 5.78. The van der Waals surface area contributed by atoms with Crippen LogP contribution in [0, 0.1) is 0 Å². The van der Waals surface area contributed by atoms with E-state index in [-0.39, 0.29) is 6.10 Å². The van der Waals surface area contributed by atoms with Crippen LogP contribution in [0.15, 0.2) is 4.52 Å². The lowest BCUT2D eigenvalue weighted by molar-refractivity contribution is 0.00859. The largest absolute Gasteiger partial charge is 0.378 e. The number of nitrogens with zero attached hydrogens (tertiary/aromatic N) is 2. The van der Waals surface area contributed by atoms with Gasteiger partial charge in [-0.3, -0.25) is 0 Å². The zero-order valence-electron chi connectivity index (χ0n) is 11.1. The Morgan fingerprint density at radius 3 is 2.95 bits per heavy atom. The zero-order chi connectivity index (χ0) is 12.9. The maximum absolute atomic E-state index is 5.78. The summed E-state index contributed by atoms with van der Waals surface area (Å²) >= 11 is 0. The van der Waals surface area contributed by atoms with E-state index in [1.54, 1.807) is 0 Å². The number of piperidine rings is 1. The smallest absolute Gasteiger partial charge is 0.252 e. The van der Waals surface area contributed by atoms with Gasteiger partial charge in [0.2, 0.25) is 0 Å². The van der Waals surface area contributed by atoms with Gasteiger partial charge in [0.05, 0.1) is 12.2 Å². The van der Waals surface area contributed by atoms with Gasteiger partial charge in [0.1, 0.15) is 6.61 Å². The number of rotatable bonds is 5. The molecule has 1 aromatic rings. The number of aromatic nitrogens is 2. The van der Waals surface area contributed by atoms with Crippen molar-refractivity contribution in [3.8, 4) is 0 Å². The summed E-state index contributed by atoms with van der Waals surface area (Å²) < 4.78 is 16.6. The first-order valence-corrected chi connectivity index (χ1v) is 7.15. The van der Waals surface area contributed by atoms with E-state index in [4.69, 9.17) is 14.0 Å². The molecule has 0 spiro atoms. The van der Waals surface area contributed by atoms with Gasteiger partial charge >= 0.3 is 0 Å². The van der Waals surface area contributed by atoms with Crippen LogP contribution >= 0.6 is 0 Å². The lowest BCUT2D eigenvalue weighted by Gasteiger charge is -2.21. The summed E-state index contributed by atoms with van der Waals surface area (Å²) in [6, 6.07) is 0. The first-order valence-electron chi connectivity index (χ1n) is 7.15. The molecule has 3 heterocycles. The second-order valence-corrected chi connectivity index (χ2v) is 5.20. The Balaban J connectivity index is 1.44. The van der Waals surface area contributed by atoms with Crippen LogP contribution in [0.3, 0.4) is 0 Å². The molecule has 19 heavy (non-hydrogen) atoms. The van der Waals surface area contributed by atoms with E-state index in [1.165, 1.54) is 0 Å². The summed E-state index contributed by atoms with van der Waals surface area (Å²) in [5, 5.41) is 7.30. The topological polar surface area (TPSA) is 69.4 Å². The lowest BCUT2D eigenvalue weighted by atomic mass is 10.1. The molecule has 1 aromatic heterocycles. The molecule has 0 saturated carbocycles. The van der Waals surface area contributed by atoms with Crippen molar-refractivity contribution < 1.29 is 14.0 Å². The van der Waals surface area contributed by atoms with E-state index in [0.717, 1.165) is 57.6 Å². The normalized spacial score (nSPS) is 24.9. The van der Waals surface area contributed by atoms with Crippen molar-refractivity contribution in [2.24, 2.45) is 0 Å². The zero-order valence-corrected chi connectivity index (χ0v) is 11.1. The summed E-state index contributed by atoms with van der Waals surface area (Å²) in [5.74, 6) is 1.31. The molecule has 0 amide bonds. The first-order chi connectivity index (χ1) is 9.40. The maximum Gasteiger partial charge on any atom is 0.252 e. The van der Waals surface area contributed by atoms with E-state index < -0.39 is 0 Å². The minimum absolute atomic E-state index is 0.260. The predicted octanol–water partition coefficient (Wildman–Crippen LogP) is 1.06. The average molecular weight is 267 g/mol. The van der Waals surface area contributed by atoms with Crippen molar-refractivity contribution in [1.29, 1.82) is 0 Å². The summed E-state index contributed by atoms with van der Waals surface area (Å²) in [6.45, 7) is 3.33. The molecule has 3 rings (SSSR count). The molecule has 0 radical (unpaired) electrons. The Kier molecular flexibility index (Phi) is 4.42. The number of hydrogen-bond acceptors (Lipinski definition) is 6. The molecule has 6 heteroatoms. The standard InChI is InChI=1S/C13H21N3O3/c1-2-11(17-7-1)8-12-15-13(19-16-12)9-18-10-3-5-14-6-4-10/h10-11,14H,1-9H2. The SMILES string of the molecule is C1COC(Cc2noc(COC3CCNCC3)n2)C1. The highest BCUT2D eigenvalue weighted by Gasteiger charge is 2.20. The summed E-state index contributed by atoms with van der Waals surface area (Å²) in [5.41, 5.74) is 0. The Morgan fingerprint density at radius 2 is 2.16 bits per heavy atom. The van der Waals surface area contributed by atoms with E-state index in [2.05, 4.69) is 15.5 Å². The molecule has 1 N–H and O–H groups in total. The van der Waals surface area contributed by atoms with Crippen LogP contribution < -0.4 is 5.32 Å². The van der Waals surface area contributed by atoms with Crippen molar-refractivity contribution in [2.75, 3.05) is 19.7 Å². The highest BCUT2D eigenvalue weighted by molar-refractivity contribution is 4.89. The van der Waals surface area contributed by atoms with Crippen molar-refractivity contribution in [3.05, 3.63) is 11.7 Å². The molecular weight excluding hydrogens is 246 g/mol. The summed E-state index contributed by atoms with van der Waals surface area (Å²) in [7, 11) is 0. The fourth-order valence-electron chi connectivity index (χ4n) is 2.59. The Hall–Kier alpha value is -0.980. The number of ether oxygens (including phenoxy) is 2. The van der Waals surface area contributed by atoms with Gasteiger partial charge in [0, 0.05) is 13.0 Å². The summed E-state index contributed by atoms with van der Waals surface area (Å²) in [6.07, 6.45) is 5.65. The quantitative estimate of drug-likeness (QED) is 0.860. The van der Waals surface area contributed by atoms with Gasteiger partial charge in [-0.25, -0.2) is 0 Å². The Bertz CT molecular complexity index is 384. The predicted molar refractivity (Wildman–Crippen MR) is 67.7 cm³/mol. The Morgan fingerprint density at radius 1 is 1.26 bits per heavy atom. The molecule has 0 aliphatic carbocycles. The monoisotopic (exact) mass is 267 g/mol. The third-order valence-electron chi connectivity index (χ3n) is 3.67. The van der Waals surface area contributed by atoms with Gasteiger partial charge in [-0.2, -0.15) is 4.98 Å². The van der Waals surface area contributed by atoms with Gasteiger partial charge in [-0.15, -0.1) is 0 Å². The number of hydrogen-bond donors (Lipinski definition) is 1. The van der Waals surface area contributed by atoms with Gasteiger partial charge < -0.3 is 19.3 Å². The molecule has 2 aliphatic rings. The van der Waals surface area contributed by atoms with Crippen molar-refractivity contribution in [2.45, 2.75) is 50.9 Å². The molecule has 0 aromatic carbocycles. The van der Waals surface area contributed by atoms with Gasteiger partial charge in [0.25, 0.3) is 5.89 Å². The third-order valence-corrected chi connectivity index (χ3v) is 3.67. The third kappa shape index (κ3) is 3.75. The van der Waals surface area contributed by atoms with Crippen LogP contribution in [-0.4, -0.2) is 42.0 Å². The first kappa shape index (κ1) is 13.0. The molecule has 2 aliphatic heterocycles. The highest BCUT2D eigenvalue weighted by atomic mass is 16.5. The minimum Gasteiger partial charge on any atom is -0.378 e. The molecule has 6 nitrogen and oxygen atoms in total.